The van der Waals surface area contributed by atoms with Crippen LogP contribution in [0.15, 0.2) is 48.5 Å². The van der Waals surface area contributed by atoms with Crippen molar-refractivity contribution < 1.29 is 9.53 Å². The molecule has 0 atom stereocenters. The van der Waals surface area contributed by atoms with Crippen LogP contribution in [0.1, 0.15) is 57.1 Å². The number of carbonyl (C=O) groups is 1. The zero-order valence-corrected chi connectivity index (χ0v) is 18.2. The molecule has 0 aliphatic carbocycles. The molecule has 0 spiro atoms. The van der Waals surface area contributed by atoms with Gasteiger partial charge in [0.15, 0.2) is 0 Å². The maximum absolute atomic E-state index is 11.7. The van der Waals surface area contributed by atoms with Crippen LogP contribution in [0.3, 0.4) is 0 Å². The summed E-state index contributed by atoms with van der Waals surface area (Å²) in [6.45, 7) is 5.64. The second kappa shape index (κ2) is 15.4. The fourth-order valence-electron chi connectivity index (χ4n) is 2.66. The second-order valence-corrected chi connectivity index (χ2v) is 6.91. The minimum atomic E-state index is -0.245. The maximum Gasteiger partial charge on any atom is 0.319 e. The fourth-order valence-corrected chi connectivity index (χ4v) is 2.66. The molecule has 160 valence electrons. The lowest BCUT2D eigenvalue weighted by Crippen LogP contribution is -2.24. The summed E-state index contributed by atoms with van der Waals surface area (Å²) in [4.78, 5) is 11.7. The first kappa shape index (κ1) is 24.5. The van der Waals surface area contributed by atoms with Gasteiger partial charge in [-0.2, -0.15) is 0 Å². The summed E-state index contributed by atoms with van der Waals surface area (Å²) < 4.78 is 5.91. The van der Waals surface area contributed by atoms with E-state index in [4.69, 9.17) is 10.5 Å². The Labute approximate surface area is 176 Å². The number of hydrogen-bond donors (Lipinski definition) is 3. The van der Waals surface area contributed by atoms with E-state index in [2.05, 4.69) is 30.5 Å². The zero-order chi connectivity index (χ0) is 21.3. The van der Waals surface area contributed by atoms with E-state index in [0.717, 1.165) is 24.9 Å². The number of rotatable bonds is 10. The number of urea groups is 1. The largest absolute Gasteiger partial charge is 0.487 e. The van der Waals surface area contributed by atoms with Crippen LogP contribution in [0, 0.1) is 0 Å². The number of carbonyl (C=O) groups excluding carboxylic acids is 1. The summed E-state index contributed by atoms with van der Waals surface area (Å²) in [5, 5.41) is 5.43. The highest BCUT2D eigenvalue weighted by Gasteiger charge is 2.09. The van der Waals surface area contributed by atoms with E-state index in [1.165, 1.54) is 31.2 Å². The molecule has 4 N–H and O–H groups in total. The first-order chi connectivity index (χ1) is 14.1. The Kier molecular flexibility index (Phi) is 13.0. The van der Waals surface area contributed by atoms with Crippen molar-refractivity contribution in [2.75, 3.05) is 18.9 Å². The van der Waals surface area contributed by atoms with Gasteiger partial charge >= 0.3 is 6.03 Å². The topological polar surface area (TPSA) is 76.4 Å². The molecule has 0 saturated carbocycles. The van der Waals surface area contributed by atoms with E-state index < -0.39 is 0 Å². The van der Waals surface area contributed by atoms with E-state index >= 15 is 0 Å². The first-order valence-corrected chi connectivity index (χ1v) is 10.6. The zero-order valence-electron chi connectivity index (χ0n) is 18.2. The molecule has 0 fully saturated rings. The van der Waals surface area contributed by atoms with Crippen molar-refractivity contribution in [3.8, 4) is 5.75 Å². The van der Waals surface area contributed by atoms with Crippen molar-refractivity contribution in [3.05, 3.63) is 59.7 Å². The molecule has 0 heterocycles. The number of hydrogen-bond acceptors (Lipinski definition) is 3. The van der Waals surface area contributed by atoms with Crippen molar-refractivity contribution in [1.82, 2.24) is 5.32 Å². The number of anilines is 1. The van der Waals surface area contributed by atoms with E-state index in [0.29, 0.717) is 18.0 Å². The number of ether oxygens (including phenoxy) is 1. The summed E-state index contributed by atoms with van der Waals surface area (Å²) in [5.74, 6) is 0.682. The van der Waals surface area contributed by atoms with E-state index in [9.17, 15) is 4.79 Å². The summed E-state index contributed by atoms with van der Waals surface area (Å²) in [6, 6.07) is 15.8. The molecule has 2 aromatic carbocycles. The Hall–Kier alpha value is -2.53. The number of nitrogens with two attached hydrogens (primary N) is 1. The van der Waals surface area contributed by atoms with Crippen LogP contribution < -0.4 is 21.1 Å². The van der Waals surface area contributed by atoms with Crippen LogP contribution in [-0.4, -0.2) is 19.6 Å². The lowest BCUT2D eigenvalue weighted by Gasteiger charge is -2.14. The summed E-state index contributed by atoms with van der Waals surface area (Å²) in [5.41, 5.74) is 8.15. The van der Waals surface area contributed by atoms with Crippen LogP contribution in [0.2, 0.25) is 0 Å². The van der Waals surface area contributed by atoms with E-state index in [-0.39, 0.29) is 6.03 Å². The van der Waals surface area contributed by atoms with Gasteiger partial charge in [-0.05, 0) is 49.1 Å². The lowest BCUT2D eigenvalue weighted by molar-refractivity contribution is 0.253. The highest BCUT2D eigenvalue weighted by Crippen LogP contribution is 2.27. The van der Waals surface area contributed by atoms with Gasteiger partial charge in [-0.15, -0.1) is 0 Å². The van der Waals surface area contributed by atoms with Crippen molar-refractivity contribution in [1.29, 1.82) is 0 Å². The standard InChI is InChI=1S/C20H26N2O2.C4H11N/c1-3-4-6-9-16-12-13-19(18(14-16)22-20(23)21-2)24-15-17-10-7-5-8-11-17;1-2-3-4-5/h5,7-8,10-14H,3-4,6,9,15H2,1-2H3,(H2,21,22,23);2-5H2,1H3. The quantitative estimate of drug-likeness (QED) is 0.462. The van der Waals surface area contributed by atoms with Crippen molar-refractivity contribution in [2.45, 2.75) is 59.0 Å². The number of benzene rings is 2. The summed E-state index contributed by atoms with van der Waals surface area (Å²) >= 11 is 0. The minimum absolute atomic E-state index is 0.245. The predicted molar refractivity (Wildman–Crippen MR) is 122 cm³/mol. The van der Waals surface area contributed by atoms with Gasteiger partial charge < -0.3 is 21.1 Å². The van der Waals surface area contributed by atoms with Gasteiger partial charge in [0.25, 0.3) is 0 Å². The number of amides is 2. The molecular weight excluding hydrogens is 362 g/mol. The lowest BCUT2D eigenvalue weighted by atomic mass is 10.1. The molecule has 29 heavy (non-hydrogen) atoms. The van der Waals surface area contributed by atoms with Crippen LogP contribution in [0.4, 0.5) is 10.5 Å². The monoisotopic (exact) mass is 399 g/mol. The average molecular weight is 400 g/mol. The molecule has 0 unspecified atom stereocenters. The Balaban J connectivity index is 0.000000749. The van der Waals surface area contributed by atoms with Gasteiger partial charge in [0.05, 0.1) is 5.69 Å². The molecule has 0 aromatic heterocycles. The normalized spacial score (nSPS) is 9.93. The third kappa shape index (κ3) is 10.5. The highest BCUT2D eigenvalue weighted by atomic mass is 16.5. The second-order valence-electron chi connectivity index (χ2n) is 6.91. The van der Waals surface area contributed by atoms with Gasteiger partial charge in [-0.1, -0.05) is 69.5 Å². The van der Waals surface area contributed by atoms with Gasteiger partial charge in [0.1, 0.15) is 12.4 Å². The highest BCUT2D eigenvalue weighted by molar-refractivity contribution is 5.90. The number of aryl methyl sites for hydroxylation is 1. The van der Waals surface area contributed by atoms with Crippen molar-refractivity contribution in [3.63, 3.8) is 0 Å². The smallest absolute Gasteiger partial charge is 0.319 e. The molecule has 0 saturated heterocycles. The molecule has 0 bridgehead atoms. The summed E-state index contributed by atoms with van der Waals surface area (Å²) in [6.07, 6.45) is 6.96. The molecule has 0 aliphatic rings. The molecule has 5 nitrogen and oxygen atoms in total. The molecular formula is C24H37N3O2. The van der Waals surface area contributed by atoms with Crippen molar-refractivity contribution >= 4 is 11.7 Å². The van der Waals surface area contributed by atoms with Crippen LogP contribution in [-0.2, 0) is 13.0 Å². The fraction of sp³-hybridized carbons (Fsp3) is 0.458. The van der Waals surface area contributed by atoms with Gasteiger partial charge in [0.2, 0.25) is 0 Å². The summed E-state index contributed by atoms with van der Waals surface area (Å²) in [7, 11) is 1.60. The minimum Gasteiger partial charge on any atom is -0.487 e. The Morgan fingerprint density at radius 2 is 1.69 bits per heavy atom. The Morgan fingerprint density at radius 3 is 2.28 bits per heavy atom. The van der Waals surface area contributed by atoms with Gasteiger partial charge in [-0.25, -0.2) is 4.79 Å². The Bertz CT molecular complexity index is 688. The van der Waals surface area contributed by atoms with E-state index in [1.807, 2.05) is 42.5 Å². The van der Waals surface area contributed by atoms with Gasteiger partial charge in [-0.3, -0.25) is 0 Å². The third-order valence-corrected chi connectivity index (χ3v) is 4.38. The Morgan fingerprint density at radius 1 is 0.966 bits per heavy atom. The first-order valence-electron chi connectivity index (χ1n) is 10.6. The van der Waals surface area contributed by atoms with Crippen LogP contribution >= 0.6 is 0 Å². The molecule has 2 amide bonds. The third-order valence-electron chi connectivity index (χ3n) is 4.38. The number of nitrogens with one attached hydrogen (secondary N) is 2. The van der Waals surface area contributed by atoms with Gasteiger partial charge in [0, 0.05) is 7.05 Å². The molecule has 2 aromatic rings. The maximum atomic E-state index is 11.7. The molecule has 0 radical (unpaired) electrons. The molecule has 2 rings (SSSR count). The van der Waals surface area contributed by atoms with E-state index in [1.54, 1.807) is 7.05 Å². The molecule has 5 heteroatoms. The van der Waals surface area contributed by atoms with Crippen LogP contribution in [0.5, 0.6) is 5.75 Å². The average Bonchev–Trinajstić information content (AvgIpc) is 2.75. The SMILES string of the molecule is CCCCCc1ccc(OCc2ccccc2)c(NC(=O)NC)c1.CCCCN. The predicted octanol–water partition coefficient (Wildman–Crippen LogP) is 5.49. The molecule has 0 aliphatic heterocycles. The van der Waals surface area contributed by atoms with Crippen molar-refractivity contribution in [2.24, 2.45) is 5.73 Å². The number of unbranched alkanes of at least 4 members (excludes halogenated alkanes) is 3. The van der Waals surface area contributed by atoms with Crippen LogP contribution in [0.25, 0.3) is 0 Å².